The van der Waals surface area contributed by atoms with Crippen molar-refractivity contribution in [2.24, 2.45) is 5.73 Å². The van der Waals surface area contributed by atoms with Crippen LogP contribution in [-0.4, -0.2) is 33.0 Å². The standard InChI is InChI=1S/C18H18N2O5/c1-22-12-5-3-10(7-14(12)23-2)17-16(19)18(21)20(17)11-4-6-13-15(8-11)25-9-24-13/h3-8,16-17H,9,19H2,1-2H3/t16-,17-/m1/s1. The number of carbonyl (C=O) groups is 1. The molecule has 0 bridgehead atoms. The van der Waals surface area contributed by atoms with Gasteiger partial charge in [-0.05, 0) is 29.8 Å². The zero-order chi connectivity index (χ0) is 17.6. The molecule has 2 aliphatic rings. The van der Waals surface area contributed by atoms with E-state index < -0.39 is 6.04 Å². The minimum absolute atomic E-state index is 0.140. The molecule has 0 unspecified atom stereocenters. The lowest BCUT2D eigenvalue weighted by molar-refractivity contribution is -0.126. The fourth-order valence-corrected chi connectivity index (χ4v) is 3.23. The number of ether oxygens (including phenoxy) is 4. The summed E-state index contributed by atoms with van der Waals surface area (Å²) >= 11 is 0. The molecule has 7 nitrogen and oxygen atoms in total. The first-order valence-corrected chi connectivity index (χ1v) is 7.84. The van der Waals surface area contributed by atoms with Gasteiger partial charge in [0.1, 0.15) is 6.04 Å². The van der Waals surface area contributed by atoms with E-state index in [-0.39, 0.29) is 18.7 Å². The fourth-order valence-electron chi connectivity index (χ4n) is 3.23. The zero-order valence-corrected chi connectivity index (χ0v) is 13.9. The van der Waals surface area contributed by atoms with Crippen LogP contribution in [0.2, 0.25) is 0 Å². The van der Waals surface area contributed by atoms with Crippen LogP contribution < -0.4 is 29.6 Å². The molecular weight excluding hydrogens is 324 g/mol. The molecule has 2 aromatic carbocycles. The Morgan fingerprint density at radius 3 is 2.56 bits per heavy atom. The summed E-state index contributed by atoms with van der Waals surface area (Å²) in [4.78, 5) is 14.1. The molecule has 25 heavy (non-hydrogen) atoms. The Labute approximate surface area is 144 Å². The second-order valence-electron chi connectivity index (χ2n) is 5.83. The Bertz CT molecular complexity index is 838. The molecule has 0 spiro atoms. The molecule has 2 atom stereocenters. The third kappa shape index (κ3) is 2.35. The van der Waals surface area contributed by atoms with Gasteiger partial charge in [-0.2, -0.15) is 0 Å². The maximum absolute atomic E-state index is 12.4. The van der Waals surface area contributed by atoms with Crippen molar-refractivity contribution in [1.29, 1.82) is 0 Å². The van der Waals surface area contributed by atoms with Crippen LogP contribution >= 0.6 is 0 Å². The highest BCUT2D eigenvalue weighted by molar-refractivity contribution is 6.05. The third-order valence-electron chi connectivity index (χ3n) is 4.52. The number of nitrogens with two attached hydrogens (primary N) is 1. The lowest BCUT2D eigenvalue weighted by Crippen LogP contribution is -2.63. The van der Waals surface area contributed by atoms with Crippen molar-refractivity contribution in [3.05, 3.63) is 42.0 Å². The maximum Gasteiger partial charge on any atom is 0.247 e. The first kappa shape index (κ1) is 15.6. The maximum atomic E-state index is 12.4. The van der Waals surface area contributed by atoms with Gasteiger partial charge in [0.2, 0.25) is 12.7 Å². The number of β-lactam (4-membered cyclic amide) rings is 1. The van der Waals surface area contributed by atoms with Gasteiger partial charge in [0.15, 0.2) is 23.0 Å². The predicted octanol–water partition coefficient (Wildman–Crippen LogP) is 1.85. The van der Waals surface area contributed by atoms with Crippen LogP contribution in [0.25, 0.3) is 0 Å². The highest BCUT2D eigenvalue weighted by Gasteiger charge is 2.47. The van der Waals surface area contributed by atoms with Crippen LogP contribution in [-0.2, 0) is 4.79 Å². The van der Waals surface area contributed by atoms with E-state index in [2.05, 4.69) is 0 Å². The quantitative estimate of drug-likeness (QED) is 0.854. The lowest BCUT2D eigenvalue weighted by atomic mass is 9.88. The summed E-state index contributed by atoms with van der Waals surface area (Å²) in [6, 6.07) is 10.1. The van der Waals surface area contributed by atoms with Crippen LogP contribution in [0.3, 0.4) is 0 Å². The van der Waals surface area contributed by atoms with Crippen molar-refractivity contribution < 1.29 is 23.7 Å². The molecule has 2 aliphatic heterocycles. The highest BCUT2D eigenvalue weighted by atomic mass is 16.7. The predicted molar refractivity (Wildman–Crippen MR) is 90.3 cm³/mol. The molecule has 1 fully saturated rings. The molecule has 0 aliphatic carbocycles. The Morgan fingerprint density at radius 1 is 1.04 bits per heavy atom. The SMILES string of the molecule is COc1ccc([C@@H]2[C@@H](N)C(=O)N2c2ccc3c(c2)OCO3)cc1OC. The number of methoxy groups -OCH3 is 2. The minimum atomic E-state index is -0.608. The average Bonchev–Trinajstić information content (AvgIpc) is 3.12. The van der Waals surface area contributed by atoms with Crippen LogP contribution in [0.1, 0.15) is 11.6 Å². The average molecular weight is 342 g/mol. The molecule has 2 N–H and O–H groups in total. The minimum Gasteiger partial charge on any atom is -0.493 e. The van der Waals surface area contributed by atoms with Crippen molar-refractivity contribution in [1.82, 2.24) is 0 Å². The highest BCUT2D eigenvalue weighted by Crippen LogP contribution is 2.44. The lowest BCUT2D eigenvalue weighted by Gasteiger charge is -2.45. The number of benzene rings is 2. The largest absolute Gasteiger partial charge is 0.493 e. The monoisotopic (exact) mass is 342 g/mol. The number of nitrogens with zero attached hydrogens (tertiary/aromatic N) is 1. The number of rotatable bonds is 4. The smallest absolute Gasteiger partial charge is 0.247 e. The Balaban J connectivity index is 1.70. The van der Waals surface area contributed by atoms with Crippen molar-refractivity contribution in [3.8, 4) is 23.0 Å². The van der Waals surface area contributed by atoms with E-state index in [1.165, 1.54) is 0 Å². The first-order valence-electron chi connectivity index (χ1n) is 7.84. The molecule has 0 aromatic heterocycles. The van der Waals surface area contributed by atoms with E-state index in [0.717, 1.165) is 11.3 Å². The summed E-state index contributed by atoms with van der Waals surface area (Å²) in [5.41, 5.74) is 7.68. The van der Waals surface area contributed by atoms with Gasteiger partial charge >= 0.3 is 0 Å². The van der Waals surface area contributed by atoms with Gasteiger partial charge < -0.3 is 29.6 Å². The van der Waals surface area contributed by atoms with Gasteiger partial charge in [-0.1, -0.05) is 6.07 Å². The summed E-state index contributed by atoms with van der Waals surface area (Å²) in [5.74, 6) is 2.37. The molecule has 2 aromatic rings. The van der Waals surface area contributed by atoms with Crippen LogP contribution in [0, 0.1) is 0 Å². The van der Waals surface area contributed by atoms with Crippen LogP contribution in [0.5, 0.6) is 23.0 Å². The Morgan fingerprint density at radius 2 is 1.80 bits per heavy atom. The molecule has 0 radical (unpaired) electrons. The van der Waals surface area contributed by atoms with E-state index >= 15 is 0 Å². The van der Waals surface area contributed by atoms with Crippen LogP contribution in [0.4, 0.5) is 5.69 Å². The van der Waals surface area contributed by atoms with E-state index in [1.54, 1.807) is 31.3 Å². The molecule has 0 saturated carbocycles. The summed E-state index contributed by atoms with van der Waals surface area (Å²) < 4.78 is 21.3. The number of anilines is 1. The second kappa shape index (κ2) is 5.86. The third-order valence-corrected chi connectivity index (χ3v) is 4.52. The van der Waals surface area contributed by atoms with E-state index in [0.29, 0.717) is 23.0 Å². The Kier molecular flexibility index (Phi) is 3.65. The Hall–Kier alpha value is -2.93. The fraction of sp³-hybridized carbons (Fsp3) is 0.278. The summed E-state index contributed by atoms with van der Waals surface area (Å²) in [6.45, 7) is 0.186. The van der Waals surface area contributed by atoms with Gasteiger partial charge in [-0.3, -0.25) is 4.79 Å². The second-order valence-corrected chi connectivity index (χ2v) is 5.83. The molecule has 7 heteroatoms. The van der Waals surface area contributed by atoms with Crippen molar-refractivity contribution in [2.75, 3.05) is 25.9 Å². The molecule has 2 heterocycles. The van der Waals surface area contributed by atoms with E-state index in [9.17, 15) is 4.79 Å². The van der Waals surface area contributed by atoms with Crippen LogP contribution in [0.15, 0.2) is 36.4 Å². The van der Waals surface area contributed by atoms with Gasteiger partial charge in [-0.15, -0.1) is 0 Å². The topological polar surface area (TPSA) is 83.3 Å². The number of fused-ring (bicyclic) bond motifs is 1. The van der Waals surface area contributed by atoms with Crippen molar-refractivity contribution >= 4 is 11.6 Å². The summed E-state index contributed by atoms with van der Waals surface area (Å²) in [7, 11) is 3.15. The van der Waals surface area contributed by atoms with E-state index in [4.69, 9.17) is 24.7 Å². The van der Waals surface area contributed by atoms with Crippen molar-refractivity contribution in [2.45, 2.75) is 12.1 Å². The molecule has 1 saturated heterocycles. The molecular formula is C18H18N2O5. The first-order chi connectivity index (χ1) is 12.1. The summed E-state index contributed by atoms with van der Waals surface area (Å²) in [5, 5.41) is 0. The molecule has 130 valence electrons. The number of carbonyl (C=O) groups excluding carboxylic acids is 1. The number of hydrogen-bond acceptors (Lipinski definition) is 6. The number of hydrogen-bond donors (Lipinski definition) is 1. The van der Waals surface area contributed by atoms with Gasteiger partial charge in [0.25, 0.3) is 0 Å². The number of amides is 1. The summed E-state index contributed by atoms with van der Waals surface area (Å²) in [6.07, 6.45) is 0. The zero-order valence-electron chi connectivity index (χ0n) is 13.9. The normalized spacial score (nSPS) is 21.1. The molecule has 1 amide bonds. The van der Waals surface area contributed by atoms with Gasteiger partial charge in [-0.25, -0.2) is 0 Å². The van der Waals surface area contributed by atoms with Crippen molar-refractivity contribution in [3.63, 3.8) is 0 Å². The van der Waals surface area contributed by atoms with Gasteiger partial charge in [0.05, 0.1) is 20.3 Å². The van der Waals surface area contributed by atoms with E-state index in [1.807, 2.05) is 24.3 Å². The molecule has 4 rings (SSSR count). The van der Waals surface area contributed by atoms with Gasteiger partial charge in [0, 0.05) is 11.8 Å².